The summed E-state index contributed by atoms with van der Waals surface area (Å²) < 4.78 is 19.3. The molecule has 152 valence electrons. The molecule has 1 saturated heterocycles. The van der Waals surface area contributed by atoms with Gasteiger partial charge in [-0.1, -0.05) is 0 Å². The Morgan fingerprint density at radius 1 is 1.28 bits per heavy atom. The molecular formula is C22H24FN3O3. The molecule has 3 heterocycles. The van der Waals surface area contributed by atoms with Crippen molar-refractivity contribution >= 4 is 17.0 Å². The summed E-state index contributed by atoms with van der Waals surface area (Å²) in [5.74, 6) is -0.179. The van der Waals surface area contributed by atoms with Crippen molar-refractivity contribution < 1.29 is 19.0 Å². The Morgan fingerprint density at radius 2 is 2.14 bits per heavy atom. The number of rotatable bonds is 5. The fraction of sp³-hybridized carbons (Fsp3) is 0.364. The number of fused-ring (bicyclic) bond motifs is 1. The van der Waals surface area contributed by atoms with E-state index in [-0.39, 0.29) is 12.4 Å². The van der Waals surface area contributed by atoms with Crippen LogP contribution >= 0.6 is 0 Å². The summed E-state index contributed by atoms with van der Waals surface area (Å²) in [4.78, 5) is 20.9. The quantitative estimate of drug-likeness (QED) is 0.680. The van der Waals surface area contributed by atoms with Gasteiger partial charge in [-0.05, 0) is 68.2 Å². The average molecular weight is 397 g/mol. The number of H-pyrrole nitrogens is 1. The van der Waals surface area contributed by atoms with Gasteiger partial charge in [-0.25, -0.2) is 9.37 Å². The van der Waals surface area contributed by atoms with Crippen LogP contribution in [0.2, 0.25) is 0 Å². The maximum Gasteiger partial charge on any atom is 0.317 e. The second-order valence-corrected chi connectivity index (χ2v) is 7.49. The highest BCUT2D eigenvalue weighted by Crippen LogP contribution is 2.37. The molecule has 0 spiro atoms. The van der Waals surface area contributed by atoms with Gasteiger partial charge in [0.15, 0.2) is 0 Å². The van der Waals surface area contributed by atoms with Crippen LogP contribution in [0.1, 0.15) is 30.9 Å². The summed E-state index contributed by atoms with van der Waals surface area (Å²) in [5.41, 5.74) is 3.41. The van der Waals surface area contributed by atoms with E-state index in [9.17, 15) is 9.18 Å². The third-order valence-electron chi connectivity index (χ3n) is 5.62. The molecule has 6 nitrogen and oxygen atoms in total. The van der Waals surface area contributed by atoms with E-state index in [2.05, 4.69) is 16.0 Å². The first-order valence-corrected chi connectivity index (χ1v) is 9.81. The number of ether oxygens (including phenoxy) is 1. The molecule has 0 saturated carbocycles. The second-order valence-electron chi connectivity index (χ2n) is 7.49. The first kappa shape index (κ1) is 19.4. The number of aliphatic carboxylic acids is 1. The third kappa shape index (κ3) is 4.10. The molecule has 2 N–H and O–H groups in total. The molecule has 29 heavy (non-hydrogen) atoms. The van der Waals surface area contributed by atoms with Crippen LogP contribution < -0.4 is 4.74 Å². The number of carboxylic acid groups (broad SMARTS) is 1. The molecule has 2 aromatic heterocycles. The number of aromatic nitrogens is 2. The van der Waals surface area contributed by atoms with Crippen molar-refractivity contribution in [1.82, 2.24) is 14.9 Å². The maximum absolute atomic E-state index is 13.9. The van der Waals surface area contributed by atoms with Crippen molar-refractivity contribution in [3.05, 3.63) is 48.0 Å². The van der Waals surface area contributed by atoms with Gasteiger partial charge in [-0.15, -0.1) is 0 Å². The Balaban J connectivity index is 1.67. The van der Waals surface area contributed by atoms with E-state index < -0.39 is 5.97 Å². The lowest BCUT2D eigenvalue weighted by atomic mass is 9.96. The van der Waals surface area contributed by atoms with E-state index in [0.717, 1.165) is 54.6 Å². The van der Waals surface area contributed by atoms with Gasteiger partial charge in [-0.3, -0.25) is 9.69 Å². The van der Waals surface area contributed by atoms with Crippen LogP contribution in [-0.4, -0.2) is 52.7 Å². The predicted molar refractivity (Wildman–Crippen MR) is 109 cm³/mol. The molecule has 4 rings (SSSR count). The molecular weight excluding hydrogens is 373 g/mol. The molecule has 0 aliphatic carbocycles. The van der Waals surface area contributed by atoms with E-state index in [0.29, 0.717) is 17.2 Å². The Bertz CT molecular complexity index is 1030. The number of nitrogens with zero attached hydrogens (tertiary/aromatic N) is 2. The standard InChI is InChI=1S/C22H24FN3O3/c1-29-20-5-4-15(23)11-17(20)16-6-8-24-22-18(16)12-19(25-22)14-3-2-9-26(10-7-14)13-21(27)28/h4-6,8,11-12,14H,2-3,7,9-10,13H2,1H3,(H,24,25)(H,27,28). The van der Waals surface area contributed by atoms with Gasteiger partial charge < -0.3 is 14.8 Å². The number of carbonyl (C=O) groups is 1. The van der Waals surface area contributed by atoms with Gasteiger partial charge in [0.25, 0.3) is 0 Å². The van der Waals surface area contributed by atoms with Gasteiger partial charge >= 0.3 is 5.97 Å². The van der Waals surface area contributed by atoms with Crippen LogP contribution in [0, 0.1) is 5.82 Å². The lowest BCUT2D eigenvalue weighted by Gasteiger charge is -2.17. The van der Waals surface area contributed by atoms with E-state index in [1.165, 1.54) is 12.1 Å². The zero-order valence-electron chi connectivity index (χ0n) is 16.3. The summed E-state index contributed by atoms with van der Waals surface area (Å²) in [7, 11) is 1.58. The average Bonchev–Trinajstić information content (AvgIpc) is 3.01. The first-order valence-electron chi connectivity index (χ1n) is 9.81. The van der Waals surface area contributed by atoms with Crippen LogP contribution in [-0.2, 0) is 4.79 Å². The van der Waals surface area contributed by atoms with E-state index in [4.69, 9.17) is 9.84 Å². The van der Waals surface area contributed by atoms with Crippen molar-refractivity contribution in [2.75, 3.05) is 26.7 Å². The van der Waals surface area contributed by atoms with Gasteiger partial charge in [0.2, 0.25) is 0 Å². The van der Waals surface area contributed by atoms with Crippen molar-refractivity contribution in [2.45, 2.75) is 25.2 Å². The minimum atomic E-state index is -0.785. The number of pyridine rings is 1. The monoisotopic (exact) mass is 397 g/mol. The summed E-state index contributed by atoms with van der Waals surface area (Å²) >= 11 is 0. The zero-order chi connectivity index (χ0) is 20.4. The number of hydrogen-bond donors (Lipinski definition) is 2. The fourth-order valence-electron chi connectivity index (χ4n) is 4.21. The topological polar surface area (TPSA) is 78.5 Å². The van der Waals surface area contributed by atoms with Crippen molar-refractivity contribution in [3.63, 3.8) is 0 Å². The molecule has 1 aliphatic heterocycles. The number of halogens is 1. The first-order chi connectivity index (χ1) is 14.0. The van der Waals surface area contributed by atoms with Crippen molar-refractivity contribution in [3.8, 4) is 16.9 Å². The molecule has 3 aromatic rings. The lowest BCUT2D eigenvalue weighted by Crippen LogP contribution is -2.30. The highest BCUT2D eigenvalue weighted by atomic mass is 19.1. The number of likely N-dealkylation sites (tertiary alicyclic amines) is 1. The fourth-order valence-corrected chi connectivity index (χ4v) is 4.21. The van der Waals surface area contributed by atoms with Crippen molar-refractivity contribution in [2.24, 2.45) is 0 Å². The highest BCUT2D eigenvalue weighted by molar-refractivity contribution is 5.95. The SMILES string of the molecule is COc1ccc(F)cc1-c1ccnc2[nH]c(C3CCCN(CC(=O)O)CC3)cc12. The largest absolute Gasteiger partial charge is 0.496 e. The normalized spacial score (nSPS) is 17.9. The van der Waals surface area contributed by atoms with Gasteiger partial charge in [0, 0.05) is 28.8 Å². The molecule has 1 aliphatic rings. The number of methoxy groups -OCH3 is 1. The van der Waals surface area contributed by atoms with Crippen LogP contribution in [0.5, 0.6) is 5.75 Å². The number of hydrogen-bond acceptors (Lipinski definition) is 4. The number of carboxylic acids is 1. The summed E-state index contributed by atoms with van der Waals surface area (Å²) in [6, 6.07) is 8.47. The van der Waals surface area contributed by atoms with Crippen molar-refractivity contribution in [1.29, 1.82) is 0 Å². The van der Waals surface area contributed by atoms with E-state index in [1.54, 1.807) is 19.4 Å². The predicted octanol–water partition coefficient (Wildman–Crippen LogP) is 4.03. The Labute approximate surface area is 168 Å². The maximum atomic E-state index is 13.9. The van der Waals surface area contributed by atoms with Crippen LogP contribution in [0.4, 0.5) is 4.39 Å². The smallest absolute Gasteiger partial charge is 0.317 e. The highest BCUT2D eigenvalue weighted by Gasteiger charge is 2.22. The molecule has 0 radical (unpaired) electrons. The second kappa shape index (κ2) is 8.21. The molecule has 0 amide bonds. The van der Waals surface area contributed by atoms with Crippen LogP contribution in [0.25, 0.3) is 22.2 Å². The van der Waals surface area contributed by atoms with Gasteiger partial charge in [0.05, 0.1) is 13.7 Å². The summed E-state index contributed by atoms with van der Waals surface area (Å²) in [6.07, 6.45) is 4.54. The molecule has 1 fully saturated rings. The van der Waals surface area contributed by atoms with Gasteiger partial charge in [0.1, 0.15) is 17.2 Å². The lowest BCUT2D eigenvalue weighted by molar-refractivity contribution is -0.138. The van der Waals surface area contributed by atoms with E-state index in [1.807, 2.05) is 11.0 Å². The molecule has 1 aromatic carbocycles. The van der Waals surface area contributed by atoms with Crippen LogP contribution in [0.3, 0.4) is 0 Å². The minimum Gasteiger partial charge on any atom is -0.496 e. The molecule has 1 atom stereocenters. The van der Waals surface area contributed by atoms with Crippen LogP contribution in [0.15, 0.2) is 36.5 Å². The molecule has 1 unspecified atom stereocenters. The number of benzene rings is 1. The Hall–Kier alpha value is -2.93. The Kier molecular flexibility index (Phi) is 5.49. The number of aromatic amines is 1. The minimum absolute atomic E-state index is 0.0878. The summed E-state index contributed by atoms with van der Waals surface area (Å²) in [6.45, 7) is 1.64. The Morgan fingerprint density at radius 3 is 2.93 bits per heavy atom. The number of nitrogens with one attached hydrogen (secondary N) is 1. The van der Waals surface area contributed by atoms with Gasteiger partial charge in [-0.2, -0.15) is 0 Å². The summed E-state index contributed by atoms with van der Waals surface area (Å²) in [5, 5.41) is 9.97. The molecule has 0 bridgehead atoms. The third-order valence-corrected chi connectivity index (χ3v) is 5.62. The molecule has 7 heteroatoms. The van der Waals surface area contributed by atoms with E-state index >= 15 is 0 Å². The zero-order valence-corrected chi connectivity index (χ0v) is 16.3.